The fourth-order valence-electron chi connectivity index (χ4n) is 3.37. The van der Waals surface area contributed by atoms with Crippen molar-refractivity contribution >= 4 is 6.09 Å². The molecule has 3 rings (SSSR count). The highest BCUT2D eigenvalue weighted by Gasteiger charge is 2.39. The first-order valence-corrected chi connectivity index (χ1v) is 7.58. The smallest absolute Gasteiger partial charge is 0.404 e. The van der Waals surface area contributed by atoms with Gasteiger partial charge in [-0.25, -0.2) is 4.79 Å². The van der Waals surface area contributed by atoms with E-state index < -0.39 is 6.09 Å². The molecule has 0 aromatic rings. The number of aliphatic hydroxyl groups is 1. The largest absolute Gasteiger partial charge is 0.512 e. The summed E-state index contributed by atoms with van der Waals surface area (Å²) in [7, 11) is 0. The number of carbonyl (C=O) groups is 1. The Balaban J connectivity index is 0.000000232. The Morgan fingerprint density at radius 1 is 1.43 bits per heavy atom. The maximum absolute atomic E-state index is 9.91. The topological polar surface area (TPSA) is 81.6 Å². The molecule has 0 spiro atoms. The lowest BCUT2D eigenvalue weighted by atomic mass is 9.86. The number of carboxylic acid groups (broad SMARTS) is 1. The quantitative estimate of drug-likeness (QED) is 0.630. The van der Waals surface area contributed by atoms with E-state index in [1.165, 1.54) is 11.1 Å². The maximum Gasteiger partial charge on any atom is 0.404 e. The number of rotatable bonds is 2. The third kappa shape index (κ3) is 3.29. The van der Waals surface area contributed by atoms with Crippen LogP contribution in [0.5, 0.6) is 0 Å². The van der Waals surface area contributed by atoms with Crippen LogP contribution in [0.1, 0.15) is 26.7 Å². The van der Waals surface area contributed by atoms with Crippen molar-refractivity contribution in [2.24, 2.45) is 11.8 Å². The van der Waals surface area contributed by atoms with Crippen molar-refractivity contribution in [2.45, 2.75) is 26.7 Å². The second-order valence-electron chi connectivity index (χ2n) is 5.53. The number of hydrogen-bond donors (Lipinski definition) is 4. The van der Waals surface area contributed by atoms with Gasteiger partial charge in [0.1, 0.15) is 0 Å². The minimum Gasteiger partial charge on any atom is -0.512 e. The molecule has 21 heavy (non-hydrogen) atoms. The minimum atomic E-state index is -0.961. The highest BCUT2D eigenvalue weighted by Crippen LogP contribution is 2.47. The van der Waals surface area contributed by atoms with Gasteiger partial charge in [0.25, 0.3) is 0 Å². The van der Waals surface area contributed by atoms with E-state index in [1.54, 1.807) is 12.5 Å². The van der Waals surface area contributed by atoms with E-state index in [1.807, 2.05) is 6.08 Å². The highest BCUT2D eigenvalue weighted by molar-refractivity contribution is 5.64. The van der Waals surface area contributed by atoms with E-state index in [2.05, 4.69) is 23.6 Å². The van der Waals surface area contributed by atoms with Crippen LogP contribution in [-0.2, 0) is 0 Å². The first-order chi connectivity index (χ1) is 10.1. The van der Waals surface area contributed by atoms with Gasteiger partial charge in [-0.15, -0.1) is 0 Å². The second-order valence-corrected chi connectivity index (χ2v) is 5.53. The molecule has 116 valence electrons. The fraction of sp³-hybridized carbons (Fsp3) is 0.562. The van der Waals surface area contributed by atoms with Crippen LogP contribution in [-0.4, -0.2) is 35.9 Å². The zero-order chi connectivity index (χ0) is 15.4. The Morgan fingerprint density at radius 2 is 2.19 bits per heavy atom. The van der Waals surface area contributed by atoms with Crippen LogP contribution in [0, 0.1) is 11.8 Å². The van der Waals surface area contributed by atoms with Crippen LogP contribution in [0.3, 0.4) is 0 Å². The number of aliphatic hydroxyl groups excluding tert-OH is 1. The van der Waals surface area contributed by atoms with Crippen molar-refractivity contribution in [1.82, 2.24) is 10.6 Å². The molecule has 5 nitrogen and oxygen atoms in total. The second kappa shape index (κ2) is 6.80. The van der Waals surface area contributed by atoms with Crippen molar-refractivity contribution in [3.05, 3.63) is 34.6 Å². The summed E-state index contributed by atoms with van der Waals surface area (Å²) in [5, 5.41) is 23.3. The molecule has 0 aromatic carbocycles. The minimum absolute atomic E-state index is 0.312. The molecule has 0 radical (unpaired) electrons. The Labute approximate surface area is 125 Å². The van der Waals surface area contributed by atoms with Gasteiger partial charge < -0.3 is 20.8 Å². The standard InChI is InChI=1S/C13H17NO.C3H7NO2/c1-2-8-3-4-12(15)10-5-9-6-14-7-11(9)13(8)10;1-2-4-3(5)6/h3-4,9-10,14-15H,2,5-7H2,1H3;4H,2H2,1H3,(H,5,6). The normalized spacial score (nSPS) is 26.2. The molecule has 2 atom stereocenters. The zero-order valence-corrected chi connectivity index (χ0v) is 12.6. The third-order valence-electron chi connectivity index (χ3n) is 4.28. The van der Waals surface area contributed by atoms with Gasteiger partial charge in [-0.3, -0.25) is 0 Å². The number of nitrogens with one attached hydrogen (secondary N) is 2. The van der Waals surface area contributed by atoms with Crippen LogP contribution < -0.4 is 10.6 Å². The summed E-state index contributed by atoms with van der Waals surface area (Å²) in [5.74, 6) is 1.56. The molecule has 2 aliphatic carbocycles. The first kappa shape index (κ1) is 15.6. The van der Waals surface area contributed by atoms with Gasteiger partial charge in [0.15, 0.2) is 0 Å². The molecule has 4 N–H and O–H groups in total. The molecule has 3 aliphatic rings. The molecule has 2 unspecified atom stereocenters. The Kier molecular flexibility index (Phi) is 5.07. The van der Waals surface area contributed by atoms with E-state index in [-0.39, 0.29) is 0 Å². The summed E-state index contributed by atoms with van der Waals surface area (Å²) in [4.78, 5) is 9.49. The summed E-state index contributed by atoms with van der Waals surface area (Å²) in [5.41, 5.74) is 4.44. The predicted octanol–water partition coefficient (Wildman–Crippen LogP) is 2.59. The van der Waals surface area contributed by atoms with Crippen LogP contribution in [0.2, 0.25) is 0 Å². The molecular formula is C16H24N2O3. The fourth-order valence-corrected chi connectivity index (χ4v) is 3.37. The molecule has 1 saturated heterocycles. The molecule has 5 heteroatoms. The van der Waals surface area contributed by atoms with E-state index >= 15 is 0 Å². The Bertz CT molecular complexity index is 506. The summed E-state index contributed by atoms with van der Waals surface area (Å²) >= 11 is 0. The average molecular weight is 292 g/mol. The lowest BCUT2D eigenvalue weighted by Gasteiger charge is -2.21. The summed E-state index contributed by atoms with van der Waals surface area (Å²) in [6.07, 6.45) is 5.21. The van der Waals surface area contributed by atoms with Crippen molar-refractivity contribution < 1.29 is 15.0 Å². The molecule has 1 aliphatic heterocycles. The number of allylic oxidation sites excluding steroid dienone is 4. The van der Waals surface area contributed by atoms with E-state index in [0.717, 1.165) is 25.9 Å². The van der Waals surface area contributed by atoms with Gasteiger partial charge in [0, 0.05) is 25.6 Å². The lowest BCUT2D eigenvalue weighted by molar-refractivity contribution is 0.195. The number of amides is 1. The van der Waals surface area contributed by atoms with E-state index in [9.17, 15) is 9.90 Å². The first-order valence-electron chi connectivity index (χ1n) is 7.58. The van der Waals surface area contributed by atoms with Gasteiger partial charge in [-0.2, -0.15) is 0 Å². The van der Waals surface area contributed by atoms with Crippen LogP contribution in [0.25, 0.3) is 0 Å². The highest BCUT2D eigenvalue weighted by atomic mass is 16.4. The zero-order valence-electron chi connectivity index (χ0n) is 12.6. The predicted molar refractivity (Wildman–Crippen MR) is 82.3 cm³/mol. The van der Waals surface area contributed by atoms with Crippen LogP contribution in [0.4, 0.5) is 4.79 Å². The van der Waals surface area contributed by atoms with Crippen LogP contribution >= 0.6 is 0 Å². The summed E-state index contributed by atoms with van der Waals surface area (Å²) < 4.78 is 0. The molecule has 1 amide bonds. The van der Waals surface area contributed by atoms with Gasteiger partial charge in [0.05, 0.1) is 5.76 Å². The van der Waals surface area contributed by atoms with Gasteiger partial charge >= 0.3 is 6.09 Å². The monoisotopic (exact) mass is 292 g/mol. The van der Waals surface area contributed by atoms with E-state index in [4.69, 9.17) is 5.11 Å². The third-order valence-corrected chi connectivity index (χ3v) is 4.28. The number of hydrogen-bond acceptors (Lipinski definition) is 3. The van der Waals surface area contributed by atoms with Crippen molar-refractivity contribution in [1.29, 1.82) is 0 Å². The van der Waals surface area contributed by atoms with Crippen molar-refractivity contribution in [2.75, 3.05) is 19.6 Å². The lowest BCUT2D eigenvalue weighted by Crippen LogP contribution is -2.19. The van der Waals surface area contributed by atoms with Gasteiger partial charge in [-0.05, 0) is 48.5 Å². The molecular weight excluding hydrogens is 268 g/mol. The van der Waals surface area contributed by atoms with Gasteiger partial charge in [-0.1, -0.05) is 13.0 Å². The summed E-state index contributed by atoms with van der Waals surface area (Å²) in [6, 6.07) is 0. The van der Waals surface area contributed by atoms with Crippen molar-refractivity contribution in [3.8, 4) is 0 Å². The van der Waals surface area contributed by atoms with Gasteiger partial charge in [0.2, 0.25) is 0 Å². The SMILES string of the molecule is CCC1=CC=C(O)C2CC3CNCC3=C12.CCNC(=O)O. The van der Waals surface area contributed by atoms with Crippen LogP contribution in [0.15, 0.2) is 34.6 Å². The number of fused-ring (bicyclic) bond motifs is 2. The molecule has 0 bridgehead atoms. The Morgan fingerprint density at radius 3 is 2.76 bits per heavy atom. The van der Waals surface area contributed by atoms with Crippen molar-refractivity contribution in [3.63, 3.8) is 0 Å². The van der Waals surface area contributed by atoms with E-state index in [0.29, 0.717) is 24.1 Å². The maximum atomic E-state index is 9.91. The average Bonchev–Trinajstić information content (AvgIpc) is 3.01. The molecule has 1 fully saturated rings. The molecule has 0 aromatic heterocycles. The molecule has 1 heterocycles. The Hall–Kier alpha value is -1.75. The summed E-state index contributed by atoms with van der Waals surface area (Å²) in [6.45, 7) is 6.53. The molecule has 0 saturated carbocycles.